The second-order valence-corrected chi connectivity index (χ2v) is 7.77. The summed E-state index contributed by atoms with van der Waals surface area (Å²) in [7, 11) is 0. The van der Waals surface area contributed by atoms with Crippen molar-refractivity contribution in [3.63, 3.8) is 0 Å². The van der Waals surface area contributed by atoms with Crippen LogP contribution in [0.25, 0.3) is 0 Å². The maximum atomic E-state index is 11.9. The first-order valence-electron chi connectivity index (χ1n) is 9.31. The van der Waals surface area contributed by atoms with E-state index in [1.54, 1.807) is 36.4 Å². The second-order valence-electron chi connectivity index (χ2n) is 6.51. The van der Waals surface area contributed by atoms with Crippen molar-refractivity contribution >= 4 is 56.9 Å². The molecule has 0 aliphatic heterocycles. The molecule has 10 heteroatoms. The Bertz CT molecular complexity index is 983. The molecular weight excluding hydrogens is 490 g/mol. The highest BCUT2D eigenvalue weighted by Gasteiger charge is 2.12. The van der Waals surface area contributed by atoms with Crippen LogP contribution in [-0.4, -0.2) is 30.3 Å². The Kier molecular flexibility index (Phi) is 9.48. The van der Waals surface area contributed by atoms with Crippen molar-refractivity contribution in [2.75, 3.05) is 11.9 Å². The first kappa shape index (κ1) is 24.4. The number of aryl methyl sites for hydroxylation is 1. The quantitative estimate of drug-likeness (QED) is 0.371. The summed E-state index contributed by atoms with van der Waals surface area (Å²) in [4.78, 5) is 47.3. The average molecular weight is 511 g/mol. The number of hydrogen-bond donors (Lipinski definition) is 3. The van der Waals surface area contributed by atoms with Crippen LogP contribution in [0.15, 0.2) is 46.9 Å². The number of benzene rings is 2. The third-order valence-corrected chi connectivity index (χ3v) is 5.24. The maximum Gasteiger partial charge on any atom is 0.306 e. The van der Waals surface area contributed by atoms with Gasteiger partial charge in [-0.2, -0.15) is 0 Å². The number of amides is 3. The van der Waals surface area contributed by atoms with Crippen LogP contribution in [0.1, 0.15) is 35.2 Å². The van der Waals surface area contributed by atoms with E-state index in [1.165, 1.54) is 6.07 Å². The zero-order valence-electron chi connectivity index (χ0n) is 16.7. The van der Waals surface area contributed by atoms with Crippen molar-refractivity contribution in [3.8, 4) is 0 Å². The van der Waals surface area contributed by atoms with E-state index >= 15 is 0 Å². The number of ether oxygens (including phenoxy) is 1. The van der Waals surface area contributed by atoms with Crippen LogP contribution >= 0.6 is 27.5 Å². The zero-order chi connectivity index (χ0) is 22.8. The van der Waals surface area contributed by atoms with Gasteiger partial charge in [-0.25, -0.2) is 0 Å². The van der Waals surface area contributed by atoms with Gasteiger partial charge in [-0.05, 0) is 49.2 Å². The number of carbonyl (C=O) groups is 4. The Morgan fingerprint density at radius 1 is 1.00 bits per heavy atom. The molecule has 31 heavy (non-hydrogen) atoms. The molecule has 8 nitrogen and oxygen atoms in total. The standard InChI is InChI=1S/C21H21BrClN3O5/c1-13-11-14(9-10-16(13)22)24-19(28)12-31-20(29)8-4-7-18(27)25-26-21(30)15-5-2-3-6-17(15)23/h2-3,5-6,9-11H,4,7-8,12H2,1H3,(H,24,28)(H,25,27)(H,26,30). The number of anilines is 1. The molecule has 0 unspecified atom stereocenters. The van der Waals surface area contributed by atoms with Gasteiger partial charge in [0.25, 0.3) is 11.8 Å². The minimum atomic E-state index is -0.602. The van der Waals surface area contributed by atoms with Crippen LogP contribution in [0.3, 0.4) is 0 Å². The SMILES string of the molecule is Cc1cc(NC(=O)COC(=O)CCCC(=O)NNC(=O)c2ccccc2Cl)ccc1Br. The topological polar surface area (TPSA) is 114 Å². The average Bonchev–Trinajstić information content (AvgIpc) is 2.73. The van der Waals surface area contributed by atoms with E-state index in [-0.39, 0.29) is 29.8 Å². The van der Waals surface area contributed by atoms with Crippen LogP contribution in [-0.2, 0) is 19.1 Å². The van der Waals surface area contributed by atoms with Gasteiger partial charge in [0, 0.05) is 23.0 Å². The van der Waals surface area contributed by atoms with Crippen LogP contribution < -0.4 is 16.2 Å². The van der Waals surface area contributed by atoms with E-state index in [9.17, 15) is 19.2 Å². The molecular formula is C21H21BrClN3O5. The van der Waals surface area contributed by atoms with Gasteiger partial charge in [-0.3, -0.25) is 30.0 Å². The summed E-state index contributed by atoms with van der Waals surface area (Å²) in [5.74, 6) is -2.09. The fourth-order valence-electron chi connectivity index (χ4n) is 2.43. The number of nitrogens with one attached hydrogen (secondary N) is 3. The summed E-state index contributed by atoms with van der Waals surface area (Å²) < 4.78 is 5.83. The molecule has 0 aliphatic carbocycles. The molecule has 0 aromatic heterocycles. The number of hydrogen-bond acceptors (Lipinski definition) is 5. The Hall–Kier alpha value is -2.91. The highest BCUT2D eigenvalue weighted by molar-refractivity contribution is 9.10. The summed E-state index contributed by atoms with van der Waals surface area (Å²) in [6.07, 6.45) is 0.138. The lowest BCUT2D eigenvalue weighted by Gasteiger charge is -2.09. The summed E-state index contributed by atoms with van der Waals surface area (Å²) in [5, 5.41) is 2.89. The third kappa shape index (κ3) is 8.39. The van der Waals surface area contributed by atoms with Crippen LogP contribution in [0.4, 0.5) is 5.69 Å². The van der Waals surface area contributed by atoms with Gasteiger partial charge in [0.1, 0.15) is 0 Å². The minimum Gasteiger partial charge on any atom is -0.456 e. The molecule has 0 fully saturated rings. The van der Waals surface area contributed by atoms with E-state index < -0.39 is 30.3 Å². The van der Waals surface area contributed by atoms with E-state index in [1.807, 2.05) is 6.92 Å². The van der Waals surface area contributed by atoms with Crippen LogP contribution in [0, 0.1) is 6.92 Å². The molecule has 0 radical (unpaired) electrons. The molecule has 0 atom stereocenters. The number of rotatable bonds is 8. The van der Waals surface area contributed by atoms with Gasteiger partial charge in [0.05, 0.1) is 10.6 Å². The smallest absolute Gasteiger partial charge is 0.306 e. The van der Waals surface area contributed by atoms with Gasteiger partial charge >= 0.3 is 5.97 Å². The summed E-state index contributed by atoms with van der Waals surface area (Å²) in [6.45, 7) is 1.46. The van der Waals surface area contributed by atoms with Gasteiger partial charge in [-0.15, -0.1) is 0 Å². The van der Waals surface area contributed by atoms with E-state index in [4.69, 9.17) is 16.3 Å². The van der Waals surface area contributed by atoms with Crippen molar-refractivity contribution in [2.24, 2.45) is 0 Å². The number of esters is 1. The summed E-state index contributed by atoms with van der Waals surface area (Å²) >= 11 is 9.28. The summed E-state index contributed by atoms with van der Waals surface area (Å²) in [5.41, 5.74) is 6.28. The zero-order valence-corrected chi connectivity index (χ0v) is 19.0. The van der Waals surface area contributed by atoms with Gasteiger partial charge < -0.3 is 10.1 Å². The summed E-state index contributed by atoms with van der Waals surface area (Å²) in [6, 6.07) is 11.7. The van der Waals surface area contributed by atoms with Crippen molar-refractivity contribution in [1.82, 2.24) is 10.9 Å². The van der Waals surface area contributed by atoms with Gasteiger partial charge in [0.2, 0.25) is 5.91 Å². The van der Waals surface area contributed by atoms with Crippen molar-refractivity contribution in [1.29, 1.82) is 0 Å². The molecule has 3 N–H and O–H groups in total. The van der Waals surface area contributed by atoms with Gasteiger partial charge in [-0.1, -0.05) is 39.7 Å². The molecule has 0 aliphatic rings. The molecule has 2 aromatic rings. The molecule has 0 heterocycles. The molecule has 0 bridgehead atoms. The lowest BCUT2D eigenvalue weighted by atomic mass is 10.2. The van der Waals surface area contributed by atoms with Crippen LogP contribution in [0.5, 0.6) is 0 Å². The molecule has 0 spiro atoms. The first-order valence-corrected chi connectivity index (χ1v) is 10.5. The van der Waals surface area contributed by atoms with Crippen molar-refractivity contribution < 1.29 is 23.9 Å². The Balaban J connectivity index is 1.62. The Labute approximate surface area is 192 Å². The van der Waals surface area contributed by atoms with Crippen LogP contribution in [0.2, 0.25) is 5.02 Å². The molecule has 164 valence electrons. The van der Waals surface area contributed by atoms with Crippen molar-refractivity contribution in [3.05, 3.63) is 63.1 Å². The second kappa shape index (κ2) is 12.1. The highest BCUT2D eigenvalue weighted by atomic mass is 79.9. The molecule has 0 saturated carbocycles. The van der Waals surface area contributed by atoms with E-state index in [0.29, 0.717) is 5.69 Å². The normalized spacial score (nSPS) is 10.2. The predicted molar refractivity (Wildman–Crippen MR) is 119 cm³/mol. The predicted octanol–water partition coefficient (Wildman–Crippen LogP) is 3.52. The first-order chi connectivity index (χ1) is 14.8. The van der Waals surface area contributed by atoms with Crippen molar-refractivity contribution in [2.45, 2.75) is 26.2 Å². The molecule has 3 amide bonds. The number of halogens is 2. The molecule has 2 rings (SSSR count). The molecule has 2 aromatic carbocycles. The Morgan fingerprint density at radius 3 is 2.45 bits per heavy atom. The minimum absolute atomic E-state index is 0.0116. The third-order valence-electron chi connectivity index (χ3n) is 4.02. The maximum absolute atomic E-state index is 11.9. The molecule has 0 saturated heterocycles. The highest BCUT2D eigenvalue weighted by Crippen LogP contribution is 2.20. The Morgan fingerprint density at radius 2 is 1.74 bits per heavy atom. The lowest BCUT2D eigenvalue weighted by Crippen LogP contribution is -2.41. The largest absolute Gasteiger partial charge is 0.456 e. The fraction of sp³-hybridized carbons (Fsp3) is 0.238. The lowest BCUT2D eigenvalue weighted by molar-refractivity contribution is -0.147. The number of hydrazine groups is 1. The van der Waals surface area contributed by atoms with Gasteiger partial charge in [0.15, 0.2) is 6.61 Å². The van der Waals surface area contributed by atoms with E-state index in [0.717, 1.165) is 10.0 Å². The number of carbonyl (C=O) groups excluding carboxylic acids is 4. The fourth-order valence-corrected chi connectivity index (χ4v) is 2.90. The van der Waals surface area contributed by atoms with E-state index in [2.05, 4.69) is 32.1 Å². The monoisotopic (exact) mass is 509 g/mol.